The van der Waals surface area contributed by atoms with Crippen LogP contribution in [-0.2, 0) is 11.2 Å². The molecule has 3 rings (SSSR count). The molecule has 0 unspecified atom stereocenters. The van der Waals surface area contributed by atoms with Gasteiger partial charge in [-0.2, -0.15) is 5.10 Å². The van der Waals surface area contributed by atoms with Crippen LogP contribution in [0.2, 0.25) is 0 Å². The number of anilines is 1. The summed E-state index contributed by atoms with van der Waals surface area (Å²) in [4.78, 5) is 35.4. The van der Waals surface area contributed by atoms with Gasteiger partial charge in [-0.25, -0.2) is 5.10 Å². The second-order valence-corrected chi connectivity index (χ2v) is 7.98. The first-order chi connectivity index (χ1) is 15.9. The molecule has 172 valence electrons. The smallest absolute Gasteiger partial charge is 0.272 e. The van der Waals surface area contributed by atoms with Gasteiger partial charge in [-0.1, -0.05) is 44.9 Å². The number of nitro benzene ring substituents is 1. The molecule has 0 atom stereocenters. The SMILES string of the molecule is CCCC(CCC)C(=O)Nc1ccc2c(C/C=C/c3ccc([N+](=O)[O-])cc3)n[nH]c(=O)c2c1. The number of benzene rings is 2. The van der Waals surface area contributed by atoms with Crippen molar-refractivity contribution < 1.29 is 9.72 Å². The molecular weight excluding hydrogens is 420 g/mol. The monoisotopic (exact) mass is 448 g/mol. The topological polar surface area (TPSA) is 118 Å². The van der Waals surface area contributed by atoms with Crippen LogP contribution in [0, 0.1) is 16.0 Å². The van der Waals surface area contributed by atoms with Crippen molar-refractivity contribution in [2.75, 3.05) is 5.32 Å². The number of fused-ring (bicyclic) bond motifs is 1. The van der Waals surface area contributed by atoms with Crippen LogP contribution in [0.4, 0.5) is 11.4 Å². The minimum atomic E-state index is -0.436. The summed E-state index contributed by atoms with van der Waals surface area (Å²) in [7, 11) is 0. The van der Waals surface area contributed by atoms with Crippen LogP contribution in [-0.4, -0.2) is 21.0 Å². The Labute approximate surface area is 191 Å². The average Bonchev–Trinajstić information content (AvgIpc) is 2.81. The fraction of sp³-hybridized carbons (Fsp3) is 0.320. The van der Waals surface area contributed by atoms with E-state index in [2.05, 4.69) is 29.4 Å². The predicted molar refractivity (Wildman–Crippen MR) is 130 cm³/mol. The van der Waals surface area contributed by atoms with Crippen LogP contribution in [0.5, 0.6) is 0 Å². The molecule has 0 saturated carbocycles. The predicted octanol–water partition coefficient (Wildman–Crippen LogP) is 5.24. The van der Waals surface area contributed by atoms with Gasteiger partial charge in [0.1, 0.15) is 0 Å². The van der Waals surface area contributed by atoms with E-state index < -0.39 is 4.92 Å². The number of amides is 1. The molecule has 2 aromatic carbocycles. The lowest BCUT2D eigenvalue weighted by atomic mass is 9.97. The molecule has 0 aliphatic carbocycles. The number of nitro groups is 1. The molecule has 0 bridgehead atoms. The average molecular weight is 449 g/mol. The Morgan fingerprint density at radius 3 is 2.45 bits per heavy atom. The fourth-order valence-electron chi connectivity index (χ4n) is 3.82. The van der Waals surface area contributed by atoms with Gasteiger partial charge in [-0.3, -0.25) is 19.7 Å². The lowest BCUT2D eigenvalue weighted by Crippen LogP contribution is -2.23. The second kappa shape index (κ2) is 11.2. The molecule has 0 spiro atoms. The van der Waals surface area contributed by atoms with Gasteiger partial charge in [-0.05, 0) is 42.7 Å². The van der Waals surface area contributed by atoms with Gasteiger partial charge in [0, 0.05) is 35.5 Å². The van der Waals surface area contributed by atoms with E-state index in [1.807, 2.05) is 12.2 Å². The minimum absolute atomic E-state index is 0.0187. The zero-order chi connectivity index (χ0) is 23.8. The summed E-state index contributed by atoms with van der Waals surface area (Å²) < 4.78 is 0. The Bertz CT molecular complexity index is 1210. The van der Waals surface area contributed by atoms with E-state index in [-0.39, 0.29) is 23.1 Å². The van der Waals surface area contributed by atoms with Gasteiger partial charge in [0.2, 0.25) is 5.91 Å². The van der Waals surface area contributed by atoms with Crippen molar-refractivity contribution in [1.29, 1.82) is 0 Å². The Morgan fingerprint density at radius 1 is 1.12 bits per heavy atom. The molecular formula is C25H28N4O4. The van der Waals surface area contributed by atoms with Crippen molar-refractivity contribution >= 4 is 34.1 Å². The number of hydrogen-bond donors (Lipinski definition) is 2. The van der Waals surface area contributed by atoms with Crippen molar-refractivity contribution in [1.82, 2.24) is 10.2 Å². The van der Waals surface area contributed by atoms with Gasteiger partial charge in [-0.15, -0.1) is 0 Å². The summed E-state index contributed by atoms with van der Waals surface area (Å²) in [6.07, 6.45) is 7.75. The molecule has 0 saturated heterocycles. The quantitative estimate of drug-likeness (QED) is 0.325. The van der Waals surface area contributed by atoms with Crippen molar-refractivity contribution in [2.24, 2.45) is 5.92 Å². The van der Waals surface area contributed by atoms with E-state index in [1.54, 1.807) is 30.3 Å². The van der Waals surface area contributed by atoms with Crippen molar-refractivity contribution in [3.05, 3.63) is 80.3 Å². The van der Waals surface area contributed by atoms with Crippen LogP contribution in [0.1, 0.15) is 50.8 Å². The highest BCUT2D eigenvalue weighted by molar-refractivity contribution is 5.95. The molecule has 2 N–H and O–H groups in total. The molecule has 8 heteroatoms. The Hall–Kier alpha value is -3.81. The van der Waals surface area contributed by atoms with Crippen molar-refractivity contribution in [2.45, 2.75) is 46.0 Å². The molecule has 1 aromatic heterocycles. The second-order valence-electron chi connectivity index (χ2n) is 7.98. The summed E-state index contributed by atoms with van der Waals surface area (Å²) >= 11 is 0. The van der Waals surface area contributed by atoms with Crippen LogP contribution in [0.3, 0.4) is 0 Å². The van der Waals surface area contributed by atoms with Crippen LogP contribution < -0.4 is 10.9 Å². The van der Waals surface area contributed by atoms with Gasteiger partial charge in [0.05, 0.1) is 16.0 Å². The van der Waals surface area contributed by atoms with Gasteiger partial charge < -0.3 is 5.32 Å². The van der Waals surface area contributed by atoms with Crippen LogP contribution in [0.25, 0.3) is 16.8 Å². The third kappa shape index (κ3) is 6.12. The molecule has 33 heavy (non-hydrogen) atoms. The number of non-ortho nitro benzene ring substituents is 1. The number of hydrogen-bond acceptors (Lipinski definition) is 5. The number of nitrogens with zero attached hydrogens (tertiary/aromatic N) is 2. The molecule has 0 fully saturated rings. The Morgan fingerprint density at radius 2 is 1.82 bits per heavy atom. The first kappa shape index (κ1) is 23.8. The Balaban J connectivity index is 1.78. The number of carbonyl (C=O) groups excluding carboxylic acids is 1. The molecule has 3 aromatic rings. The van der Waals surface area contributed by atoms with E-state index in [1.165, 1.54) is 12.1 Å². The fourth-order valence-corrected chi connectivity index (χ4v) is 3.82. The maximum absolute atomic E-state index is 12.7. The summed E-state index contributed by atoms with van der Waals surface area (Å²) in [5.41, 5.74) is 1.83. The maximum Gasteiger partial charge on any atom is 0.272 e. The lowest BCUT2D eigenvalue weighted by molar-refractivity contribution is -0.384. The standard InChI is InChI=1S/C25H28N4O4/c1-3-6-18(7-4-2)24(30)26-19-12-15-21-22(16-19)25(31)28-27-23(21)9-5-8-17-10-13-20(14-11-17)29(32)33/h5,8,10-16,18H,3-4,6-7,9H2,1-2H3,(H,26,30)(H,28,31)/b8-5+. The number of aromatic nitrogens is 2. The number of nitrogens with one attached hydrogen (secondary N) is 2. The zero-order valence-electron chi connectivity index (χ0n) is 18.8. The zero-order valence-corrected chi connectivity index (χ0v) is 18.8. The molecule has 0 aliphatic rings. The number of aromatic amines is 1. The van der Waals surface area contributed by atoms with Crippen LogP contribution >= 0.6 is 0 Å². The number of allylic oxidation sites excluding steroid dienone is 1. The van der Waals surface area contributed by atoms with E-state index in [4.69, 9.17) is 0 Å². The summed E-state index contributed by atoms with van der Waals surface area (Å²) in [6.45, 7) is 4.13. The minimum Gasteiger partial charge on any atom is -0.326 e. The molecule has 0 radical (unpaired) electrons. The maximum atomic E-state index is 12.7. The molecule has 0 aliphatic heterocycles. The highest BCUT2D eigenvalue weighted by atomic mass is 16.6. The third-order valence-electron chi connectivity index (χ3n) is 5.51. The summed E-state index contributed by atoms with van der Waals surface area (Å²) in [5, 5.41) is 21.6. The van der Waals surface area contributed by atoms with Crippen molar-refractivity contribution in [3.8, 4) is 0 Å². The number of carbonyl (C=O) groups is 1. The van der Waals surface area contributed by atoms with E-state index in [9.17, 15) is 19.7 Å². The first-order valence-electron chi connectivity index (χ1n) is 11.2. The van der Waals surface area contributed by atoms with Crippen LogP contribution in [0.15, 0.2) is 53.3 Å². The van der Waals surface area contributed by atoms with E-state index in [0.29, 0.717) is 28.6 Å². The first-order valence-corrected chi connectivity index (χ1v) is 11.2. The molecule has 1 heterocycles. The molecule has 8 nitrogen and oxygen atoms in total. The number of H-pyrrole nitrogens is 1. The van der Waals surface area contributed by atoms with Crippen molar-refractivity contribution in [3.63, 3.8) is 0 Å². The molecule has 1 amide bonds. The largest absolute Gasteiger partial charge is 0.326 e. The summed E-state index contributed by atoms with van der Waals surface area (Å²) in [5.74, 6) is -0.0543. The number of rotatable bonds is 10. The van der Waals surface area contributed by atoms with E-state index in [0.717, 1.165) is 31.2 Å². The van der Waals surface area contributed by atoms with Gasteiger partial charge in [0.15, 0.2) is 0 Å². The van der Waals surface area contributed by atoms with Gasteiger partial charge in [0.25, 0.3) is 11.2 Å². The highest BCUT2D eigenvalue weighted by Gasteiger charge is 2.17. The van der Waals surface area contributed by atoms with E-state index >= 15 is 0 Å². The lowest BCUT2D eigenvalue weighted by Gasteiger charge is -2.15. The third-order valence-corrected chi connectivity index (χ3v) is 5.51. The normalized spacial score (nSPS) is 11.4. The highest BCUT2D eigenvalue weighted by Crippen LogP contribution is 2.22. The summed E-state index contributed by atoms with van der Waals surface area (Å²) in [6, 6.07) is 11.5. The Kier molecular flexibility index (Phi) is 8.07. The van der Waals surface area contributed by atoms with Gasteiger partial charge >= 0.3 is 0 Å².